The first-order valence-electron chi connectivity index (χ1n) is 6.05. The summed E-state index contributed by atoms with van der Waals surface area (Å²) in [6.45, 7) is 7.96. The number of esters is 1. The van der Waals surface area contributed by atoms with E-state index in [-0.39, 0.29) is 11.9 Å². The predicted octanol–water partition coefficient (Wildman–Crippen LogP) is 2.05. The van der Waals surface area contributed by atoms with Crippen LogP contribution in [0.4, 0.5) is 4.79 Å². The Hall–Kier alpha value is -1.26. The molecular weight excluding hydrogens is 222 g/mol. The van der Waals surface area contributed by atoms with Crippen molar-refractivity contribution < 1.29 is 19.1 Å². The molecule has 0 aliphatic rings. The van der Waals surface area contributed by atoms with Crippen molar-refractivity contribution in [2.45, 2.75) is 40.2 Å². The molecule has 100 valence electrons. The summed E-state index contributed by atoms with van der Waals surface area (Å²) >= 11 is 0. The van der Waals surface area contributed by atoms with Gasteiger partial charge < -0.3 is 9.47 Å². The van der Waals surface area contributed by atoms with Crippen molar-refractivity contribution >= 4 is 12.1 Å². The first-order valence-corrected chi connectivity index (χ1v) is 6.05. The number of hydrogen-bond acceptors (Lipinski definition) is 4. The quantitative estimate of drug-likeness (QED) is 0.672. The van der Waals surface area contributed by atoms with Crippen molar-refractivity contribution in [3.8, 4) is 0 Å². The van der Waals surface area contributed by atoms with Crippen LogP contribution in [0.1, 0.15) is 34.1 Å². The third-order valence-electron chi connectivity index (χ3n) is 2.68. The minimum absolute atomic E-state index is 0.0310. The molecule has 0 aliphatic carbocycles. The fourth-order valence-electron chi connectivity index (χ4n) is 1.56. The summed E-state index contributed by atoms with van der Waals surface area (Å²) in [5.74, 6) is -0.346. The molecule has 0 bridgehead atoms. The number of hydrogen-bond donors (Lipinski definition) is 0. The number of carbonyl (C=O) groups excluding carboxylic acids is 2. The van der Waals surface area contributed by atoms with Crippen molar-refractivity contribution in [1.29, 1.82) is 0 Å². The Morgan fingerprint density at radius 2 is 1.65 bits per heavy atom. The Kier molecular flexibility index (Phi) is 7.34. The summed E-state index contributed by atoms with van der Waals surface area (Å²) in [5, 5.41) is 0. The molecule has 5 nitrogen and oxygen atoms in total. The summed E-state index contributed by atoms with van der Waals surface area (Å²) in [6, 6.07) is -0.584. The van der Waals surface area contributed by atoms with E-state index in [4.69, 9.17) is 9.47 Å². The van der Waals surface area contributed by atoms with Crippen LogP contribution in [-0.4, -0.2) is 43.3 Å². The zero-order chi connectivity index (χ0) is 13.4. The van der Waals surface area contributed by atoms with Gasteiger partial charge in [-0.3, -0.25) is 4.90 Å². The molecule has 2 unspecified atom stereocenters. The topological polar surface area (TPSA) is 55.8 Å². The summed E-state index contributed by atoms with van der Waals surface area (Å²) < 4.78 is 9.87. The summed E-state index contributed by atoms with van der Waals surface area (Å²) in [4.78, 5) is 24.7. The van der Waals surface area contributed by atoms with E-state index in [1.165, 1.54) is 4.90 Å². The van der Waals surface area contributed by atoms with E-state index in [1.54, 1.807) is 20.9 Å². The van der Waals surface area contributed by atoms with Crippen LogP contribution in [0, 0.1) is 5.92 Å². The Morgan fingerprint density at radius 1 is 1.12 bits per heavy atom. The molecule has 0 radical (unpaired) electrons. The van der Waals surface area contributed by atoms with Gasteiger partial charge in [-0.05, 0) is 19.8 Å². The highest BCUT2D eigenvalue weighted by molar-refractivity contribution is 5.81. The SMILES string of the molecule is CCOC(=O)C(C(C)CC)N(C)C(=O)OCC. The molecule has 0 heterocycles. The van der Waals surface area contributed by atoms with E-state index in [9.17, 15) is 9.59 Å². The highest BCUT2D eigenvalue weighted by atomic mass is 16.6. The second kappa shape index (κ2) is 7.92. The van der Waals surface area contributed by atoms with E-state index in [0.29, 0.717) is 13.2 Å². The molecule has 0 aliphatic heterocycles. The average Bonchev–Trinajstić information content (AvgIpc) is 2.29. The summed E-state index contributed by atoms with van der Waals surface area (Å²) in [7, 11) is 1.56. The van der Waals surface area contributed by atoms with Crippen molar-refractivity contribution in [1.82, 2.24) is 4.90 Å². The molecule has 0 fully saturated rings. The lowest BCUT2D eigenvalue weighted by Crippen LogP contribution is -2.47. The summed E-state index contributed by atoms with van der Waals surface area (Å²) in [5.41, 5.74) is 0. The number of likely N-dealkylation sites (N-methyl/N-ethyl adjacent to an activating group) is 1. The van der Waals surface area contributed by atoms with Gasteiger partial charge >= 0.3 is 12.1 Å². The minimum Gasteiger partial charge on any atom is -0.464 e. The maximum absolute atomic E-state index is 11.8. The van der Waals surface area contributed by atoms with Crippen LogP contribution < -0.4 is 0 Å². The third kappa shape index (κ3) is 4.63. The molecule has 5 heteroatoms. The van der Waals surface area contributed by atoms with Crippen LogP contribution >= 0.6 is 0 Å². The molecule has 0 aromatic rings. The van der Waals surface area contributed by atoms with Gasteiger partial charge in [0, 0.05) is 7.05 Å². The third-order valence-corrected chi connectivity index (χ3v) is 2.68. The minimum atomic E-state index is -0.584. The molecule has 0 saturated carbocycles. The molecule has 0 spiro atoms. The largest absolute Gasteiger partial charge is 0.464 e. The van der Waals surface area contributed by atoms with Crippen LogP contribution in [0.3, 0.4) is 0 Å². The van der Waals surface area contributed by atoms with Gasteiger partial charge in [0.1, 0.15) is 6.04 Å². The highest BCUT2D eigenvalue weighted by Gasteiger charge is 2.32. The smallest absolute Gasteiger partial charge is 0.410 e. The van der Waals surface area contributed by atoms with Gasteiger partial charge in [-0.25, -0.2) is 9.59 Å². The number of amides is 1. The maximum Gasteiger partial charge on any atom is 0.410 e. The van der Waals surface area contributed by atoms with Gasteiger partial charge in [-0.2, -0.15) is 0 Å². The first-order chi connectivity index (χ1) is 7.99. The van der Waals surface area contributed by atoms with Crippen LogP contribution in [-0.2, 0) is 14.3 Å². The van der Waals surface area contributed by atoms with Gasteiger partial charge in [0.2, 0.25) is 0 Å². The van der Waals surface area contributed by atoms with Crippen molar-refractivity contribution in [3.63, 3.8) is 0 Å². The van der Waals surface area contributed by atoms with Crippen LogP contribution in [0.5, 0.6) is 0 Å². The van der Waals surface area contributed by atoms with Gasteiger partial charge in [-0.1, -0.05) is 20.3 Å². The first kappa shape index (κ1) is 15.7. The zero-order valence-corrected chi connectivity index (χ0v) is 11.4. The standard InChI is InChI=1S/C12H23NO4/c1-6-9(4)10(11(14)16-7-2)13(5)12(15)17-8-3/h9-10H,6-8H2,1-5H3. The predicted molar refractivity (Wildman–Crippen MR) is 64.7 cm³/mol. The van der Waals surface area contributed by atoms with Gasteiger partial charge in [-0.15, -0.1) is 0 Å². The normalized spacial score (nSPS) is 13.7. The van der Waals surface area contributed by atoms with Crippen molar-refractivity contribution in [2.75, 3.05) is 20.3 Å². The zero-order valence-electron chi connectivity index (χ0n) is 11.4. The van der Waals surface area contributed by atoms with Gasteiger partial charge in [0.05, 0.1) is 13.2 Å². The monoisotopic (exact) mass is 245 g/mol. The lowest BCUT2D eigenvalue weighted by molar-refractivity contribution is -0.150. The molecule has 0 aromatic carbocycles. The molecule has 0 saturated heterocycles. The van der Waals surface area contributed by atoms with Crippen molar-refractivity contribution in [2.24, 2.45) is 5.92 Å². The fraction of sp³-hybridized carbons (Fsp3) is 0.833. The van der Waals surface area contributed by atoms with E-state index in [2.05, 4.69) is 0 Å². The molecular formula is C12H23NO4. The molecule has 0 N–H and O–H groups in total. The maximum atomic E-state index is 11.8. The number of carbonyl (C=O) groups is 2. The van der Waals surface area contributed by atoms with Gasteiger partial charge in [0.15, 0.2) is 0 Å². The average molecular weight is 245 g/mol. The molecule has 17 heavy (non-hydrogen) atoms. The van der Waals surface area contributed by atoms with E-state index < -0.39 is 12.1 Å². The molecule has 2 atom stereocenters. The lowest BCUT2D eigenvalue weighted by Gasteiger charge is -2.29. The van der Waals surface area contributed by atoms with Gasteiger partial charge in [0.25, 0.3) is 0 Å². The number of rotatable bonds is 6. The Balaban J connectivity index is 4.78. The van der Waals surface area contributed by atoms with E-state index >= 15 is 0 Å². The number of nitrogens with zero attached hydrogens (tertiary/aromatic N) is 1. The van der Waals surface area contributed by atoms with Crippen LogP contribution in [0.15, 0.2) is 0 Å². The Bertz CT molecular complexity index is 255. The van der Waals surface area contributed by atoms with Crippen molar-refractivity contribution in [3.05, 3.63) is 0 Å². The Labute approximate surface area is 103 Å². The molecule has 0 aromatic heterocycles. The van der Waals surface area contributed by atoms with Crippen LogP contribution in [0.2, 0.25) is 0 Å². The Morgan fingerprint density at radius 3 is 2.06 bits per heavy atom. The lowest BCUT2D eigenvalue weighted by atomic mass is 9.98. The molecule has 0 rings (SSSR count). The number of ether oxygens (including phenoxy) is 2. The summed E-state index contributed by atoms with van der Waals surface area (Å²) in [6.07, 6.45) is 0.290. The molecule has 1 amide bonds. The second-order valence-corrected chi connectivity index (χ2v) is 3.89. The second-order valence-electron chi connectivity index (χ2n) is 3.89. The highest BCUT2D eigenvalue weighted by Crippen LogP contribution is 2.16. The van der Waals surface area contributed by atoms with E-state index in [1.807, 2.05) is 13.8 Å². The van der Waals surface area contributed by atoms with Crippen LogP contribution in [0.25, 0.3) is 0 Å². The van der Waals surface area contributed by atoms with E-state index in [0.717, 1.165) is 6.42 Å². The fourth-order valence-corrected chi connectivity index (χ4v) is 1.56.